The van der Waals surface area contributed by atoms with Crippen LogP contribution in [0.2, 0.25) is 0 Å². The molecule has 1 aliphatic carbocycles. The van der Waals surface area contributed by atoms with Crippen LogP contribution in [0.1, 0.15) is 45.4 Å². The molecular weight excluding hydrogens is 212 g/mol. The highest BCUT2D eigenvalue weighted by molar-refractivity contribution is 4.88. The summed E-state index contributed by atoms with van der Waals surface area (Å²) in [4.78, 5) is 6.90. The van der Waals surface area contributed by atoms with Crippen molar-refractivity contribution in [2.24, 2.45) is 13.0 Å². The van der Waals surface area contributed by atoms with Gasteiger partial charge in [0.25, 0.3) is 0 Å². The fourth-order valence-electron chi connectivity index (χ4n) is 2.95. The first kappa shape index (κ1) is 12.6. The molecule has 0 bridgehead atoms. The van der Waals surface area contributed by atoms with Crippen molar-refractivity contribution < 1.29 is 0 Å². The first-order valence-corrected chi connectivity index (χ1v) is 6.79. The van der Waals surface area contributed by atoms with E-state index in [0.29, 0.717) is 0 Å². The third-order valence-corrected chi connectivity index (χ3v) is 4.09. The van der Waals surface area contributed by atoms with Crippen LogP contribution in [0.5, 0.6) is 0 Å². The average molecular weight is 236 g/mol. The van der Waals surface area contributed by atoms with Crippen molar-refractivity contribution in [3.63, 3.8) is 0 Å². The molecule has 0 saturated heterocycles. The van der Waals surface area contributed by atoms with E-state index in [1.54, 1.807) is 6.33 Å². The van der Waals surface area contributed by atoms with Gasteiger partial charge in [-0.3, -0.25) is 9.58 Å². The molecule has 17 heavy (non-hydrogen) atoms. The minimum Gasteiger partial charge on any atom is -0.293 e. The van der Waals surface area contributed by atoms with E-state index in [1.165, 1.54) is 25.7 Å². The number of hydrogen-bond donors (Lipinski definition) is 0. The Balaban J connectivity index is 2.03. The van der Waals surface area contributed by atoms with Gasteiger partial charge in [-0.2, -0.15) is 5.10 Å². The Bertz CT molecular complexity index is 347. The van der Waals surface area contributed by atoms with Crippen molar-refractivity contribution in [1.82, 2.24) is 19.7 Å². The molecule has 0 aromatic carbocycles. The highest BCUT2D eigenvalue weighted by Gasteiger charge is 2.26. The molecule has 1 aromatic heterocycles. The molecule has 4 heteroatoms. The summed E-state index contributed by atoms with van der Waals surface area (Å²) in [5.74, 6) is 1.89. The highest BCUT2D eigenvalue weighted by atomic mass is 15.3. The van der Waals surface area contributed by atoms with E-state index in [2.05, 4.69) is 28.8 Å². The average Bonchev–Trinajstić information content (AvgIpc) is 2.73. The van der Waals surface area contributed by atoms with E-state index in [9.17, 15) is 0 Å². The van der Waals surface area contributed by atoms with E-state index in [4.69, 9.17) is 0 Å². The van der Waals surface area contributed by atoms with Crippen LogP contribution in [0.4, 0.5) is 0 Å². The molecule has 2 unspecified atom stereocenters. The minimum atomic E-state index is 0.727. The third-order valence-electron chi connectivity index (χ3n) is 4.09. The van der Waals surface area contributed by atoms with E-state index in [0.717, 1.165) is 30.9 Å². The zero-order valence-electron chi connectivity index (χ0n) is 11.3. The smallest absolute Gasteiger partial charge is 0.140 e. The van der Waals surface area contributed by atoms with Gasteiger partial charge in [0, 0.05) is 13.1 Å². The van der Waals surface area contributed by atoms with Gasteiger partial charge in [0.05, 0.1) is 6.54 Å². The van der Waals surface area contributed by atoms with Crippen molar-refractivity contribution in [1.29, 1.82) is 0 Å². The maximum atomic E-state index is 4.33. The first-order chi connectivity index (χ1) is 8.22. The van der Waals surface area contributed by atoms with Gasteiger partial charge < -0.3 is 0 Å². The fourth-order valence-corrected chi connectivity index (χ4v) is 2.95. The van der Waals surface area contributed by atoms with Gasteiger partial charge in [-0.1, -0.05) is 26.7 Å². The summed E-state index contributed by atoms with van der Waals surface area (Å²) < 4.78 is 1.89. The summed E-state index contributed by atoms with van der Waals surface area (Å²) in [6.07, 6.45) is 7.14. The molecule has 1 fully saturated rings. The maximum Gasteiger partial charge on any atom is 0.140 e. The second kappa shape index (κ2) is 5.63. The lowest BCUT2D eigenvalue weighted by atomic mass is 9.85. The molecule has 2 atom stereocenters. The van der Waals surface area contributed by atoms with Gasteiger partial charge in [-0.05, 0) is 25.3 Å². The van der Waals surface area contributed by atoms with Crippen LogP contribution in [0.15, 0.2) is 6.33 Å². The Morgan fingerprint density at radius 2 is 2.18 bits per heavy atom. The van der Waals surface area contributed by atoms with Crippen LogP contribution >= 0.6 is 0 Å². The van der Waals surface area contributed by atoms with Gasteiger partial charge in [0.2, 0.25) is 0 Å². The van der Waals surface area contributed by atoms with Crippen molar-refractivity contribution in [2.45, 2.75) is 52.1 Å². The number of rotatable bonds is 4. The standard InChI is InChI=1S/C13H24N4/c1-4-17(9-13-14-10-15-16(13)3)12-8-6-5-7-11(12)2/h10-12H,4-9H2,1-3H3. The molecule has 0 amide bonds. The summed E-state index contributed by atoms with van der Waals surface area (Å²) in [6, 6.07) is 0.727. The Labute approximate surface area is 104 Å². The zero-order chi connectivity index (χ0) is 12.3. The monoisotopic (exact) mass is 236 g/mol. The van der Waals surface area contributed by atoms with Crippen molar-refractivity contribution in [3.8, 4) is 0 Å². The Hall–Kier alpha value is -0.900. The number of aromatic nitrogens is 3. The molecule has 4 nitrogen and oxygen atoms in total. The van der Waals surface area contributed by atoms with E-state index in [-0.39, 0.29) is 0 Å². The molecule has 0 spiro atoms. The highest BCUT2D eigenvalue weighted by Crippen LogP contribution is 2.28. The Morgan fingerprint density at radius 1 is 1.41 bits per heavy atom. The van der Waals surface area contributed by atoms with Crippen LogP contribution in [0.25, 0.3) is 0 Å². The van der Waals surface area contributed by atoms with Crippen LogP contribution in [0.3, 0.4) is 0 Å². The molecular formula is C13H24N4. The van der Waals surface area contributed by atoms with Crippen LogP contribution in [-0.4, -0.2) is 32.3 Å². The summed E-state index contributed by atoms with van der Waals surface area (Å²) in [6.45, 7) is 6.67. The van der Waals surface area contributed by atoms with E-state index >= 15 is 0 Å². The molecule has 0 N–H and O–H groups in total. The van der Waals surface area contributed by atoms with Crippen molar-refractivity contribution in [3.05, 3.63) is 12.2 Å². The number of aryl methyl sites for hydroxylation is 1. The van der Waals surface area contributed by atoms with Crippen molar-refractivity contribution in [2.75, 3.05) is 6.54 Å². The predicted octanol–water partition coefficient (Wildman–Crippen LogP) is 2.22. The third kappa shape index (κ3) is 2.86. The number of nitrogens with zero attached hydrogens (tertiary/aromatic N) is 4. The summed E-state index contributed by atoms with van der Waals surface area (Å²) in [5.41, 5.74) is 0. The Morgan fingerprint density at radius 3 is 2.76 bits per heavy atom. The van der Waals surface area contributed by atoms with Gasteiger partial charge in [-0.15, -0.1) is 0 Å². The maximum absolute atomic E-state index is 4.33. The number of hydrogen-bond acceptors (Lipinski definition) is 3. The van der Waals surface area contributed by atoms with Gasteiger partial charge in [-0.25, -0.2) is 4.98 Å². The molecule has 2 rings (SSSR count). The molecule has 1 saturated carbocycles. The lowest BCUT2D eigenvalue weighted by Crippen LogP contribution is -2.41. The van der Waals surface area contributed by atoms with Crippen LogP contribution in [-0.2, 0) is 13.6 Å². The summed E-state index contributed by atoms with van der Waals surface area (Å²) >= 11 is 0. The lowest BCUT2D eigenvalue weighted by molar-refractivity contribution is 0.107. The molecule has 1 aromatic rings. The van der Waals surface area contributed by atoms with Gasteiger partial charge in [0.15, 0.2) is 0 Å². The quantitative estimate of drug-likeness (QED) is 0.804. The molecule has 96 valence electrons. The SMILES string of the molecule is CCN(Cc1ncnn1C)C1CCCCC1C. The fraction of sp³-hybridized carbons (Fsp3) is 0.846. The molecule has 0 aliphatic heterocycles. The lowest BCUT2D eigenvalue weighted by Gasteiger charge is -2.37. The summed E-state index contributed by atoms with van der Waals surface area (Å²) in [7, 11) is 1.97. The molecule has 1 aliphatic rings. The van der Waals surface area contributed by atoms with E-state index < -0.39 is 0 Å². The first-order valence-electron chi connectivity index (χ1n) is 6.79. The van der Waals surface area contributed by atoms with Crippen LogP contribution < -0.4 is 0 Å². The second-order valence-corrected chi connectivity index (χ2v) is 5.19. The minimum absolute atomic E-state index is 0.727. The van der Waals surface area contributed by atoms with Crippen molar-refractivity contribution >= 4 is 0 Å². The molecule has 0 radical (unpaired) electrons. The topological polar surface area (TPSA) is 34.0 Å². The van der Waals surface area contributed by atoms with E-state index in [1.807, 2.05) is 11.7 Å². The van der Waals surface area contributed by atoms with Gasteiger partial charge >= 0.3 is 0 Å². The Kier molecular flexibility index (Phi) is 4.15. The van der Waals surface area contributed by atoms with Gasteiger partial charge in [0.1, 0.15) is 12.2 Å². The summed E-state index contributed by atoms with van der Waals surface area (Å²) in [5, 5.41) is 4.15. The predicted molar refractivity (Wildman–Crippen MR) is 68.5 cm³/mol. The second-order valence-electron chi connectivity index (χ2n) is 5.19. The molecule has 1 heterocycles. The van der Waals surface area contributed by atoms with Crippen LogP contribution in [0, 0.1) is 5.92 Å². The largest absolute Gasteiger partial charge is 0.293 e. The normalized spacial score (nSPS) is 25.4. The zero-order valence-corrected chi connectivity index (χ0v) is 11.3.